The Morgan fingerprint density at radius 1 is 0.950 bits per heavy atom. The van der Waals surface area contributed by atoms with Gasteiger partial charge in [0, 0.05) is 6.04 Å². The van der Waals surface area contributed by atoms with E-state index in [1.807, 2.05) is 0 Å². The number of hydrogen-bond donors (Lipinski definition) is 5. The van der Waals surface area contributed by atoms with Crippen LogP contribution in [-0.2, 0) is 19.2 Å². The van der Waals surface area contributed by atoms with Crippen LogP contribution in [0.2, 0.25) is 0 Å². The summed E-state index contributed by atoms with van der Waals surface area (Å²) in [5, 5.41) is 39.2. The summed E-state index contributed by atoms with van der Waals surface area (Å²) < 4.78 is 0. The monoisotopic (exact) mass is 287 g/mol. The number of carboxylic acids is 4. The summed E-state index contributed by atoms with van der Waals surface area (Å²) in [7, 11) is 0. The van der Waals surface area contributed by atoms with Gasteiger partial charge in [-0.2, -0.15) is 0 Å². The van der Waals surface area contributed by atoms with E-state index in [0.29, 0.717) is 0 Å². The molecule has 2 aliphatic rings. The lowest BCUT2D eigenvalue weighted by Gasteiger charge is -2.37. The van der Waals surface area contributed by atoms with Crippen molar-refractivity contribution in [3.63, 3.8) is 0 Å². The van der Waals surface area contributed by atoms with Crippen LogP contribution >= 0.6 is 0 Å². The van der Waals surface area contributed by atoms with Crippen molar-refractivity contribution in [3.8, 4) is 0 Å². The minimum atomic E-state index is -2.02. The highest BCUT2D eigenvalue weighted by molar-refractivity contribution is 5.92. The van der Waals surface area contributed by atoms with Gasteiger partial charge in [0.2, 0.25) is 0 Å². The van der Waals surface area contributed by atoms with Crippen molar-refractivity contribution in [3.05, 3.63) is 0 Å². The summed E-state index contributed by atoms with van der Waals surface area (Å²) in [6.07, 6.45) is -0.731. The van der Waals surface area contributed by atoms with Gasteiger partial charge in [-0.3, -0.25) is 24.5 Å². The molecule has 9 heteroatoms. The molecule has 0 aromatic rings. The average Bonchev–Trinajstić information content (AvgIpc) is 2.65. The van der Waals surface area contributed by atoms with Crippen LogP contribution in [0.1, 0.15) is 12.8 Å². The first-order chi connectivity index (χ1) is 9.21. The molecule has 0 radical (unpaired) electrons. The number of nitrogens with one attached hydrogen (secondary N) is 1. The van der Waals surface area contributed by atoms with E-state index in [2.05, 4.69) is 5.32 Å². The van der Waals surface area contributed by atoms with Crippen molar-refractivity contribution in [1.29, 1.82) is 0 Å². The Morgan fingerprint density at radius 3 is 1.95 bits per heavy atom. The Labute approximate surface area is 112 Å². The quantitative estimate of drug-likeness (QED) is 0.422. The summed E-state index contributed by atoms with van der Waals surface area (Å²) in [4.78, 5) is 45.2. The summed E-state index contributed by atoms with van der Waals surface area (Å²) in [5.74, 6) is -8.46. The van der Waals surface area contributed by atoms with Crippen LogP contribution in [-0.4, -0.2) is 56.4 Å². The van der Waals surface area contributed by atoms with Gasteiger partial charge in [0.05, 0.1) is 11.8 Å². The third-order valence-corrected chi connectivity index (χ3v) is 4.31. The van der Waals surface area contributed by atoms with E-state index in [0.717, 1.165) is 0 Å². The van der Waals surface area contributed by atoms with Gasteiger partial charge in [0.25, 0.3) is 0 Å². The predicted octanol–water partition coefficient (Wildman–Crippen LogP) is -1.32. The first-order valence-corrected chi connectivity index (χ1v) is 5.89. The number of fused-ring (bicyclic) bond motifs is 2. The highest BCUT2D eigenvalue weighted by Crippen LogP contribution is 2.51. The fourth-order valence-electron chi connectivity index (χ4n) is 3.38. The summed E-state index contributed by atoms with van der Waals surface area (Å²) in [5.41, 5.74) is -2.02. The molecule has 5 N–H and O–H groups in total. The molecular formula is C11H13NO8. The van der Waals surface area contributed by atoms with Gasteiger partial charge in [-0.1, -0.05) is 0 Å². The van der Waals surface area contributed by atoms with Crippen LogP contribution in [0.3, 0.4) is 0 Å². The van der Waals surface area contributed by atoms with Gasteiger partial charge >= 0.3 is 23.9 Å². The van der Waals surface area contributed by atoms with Gasteiger partial charge < -0.3 is 20.4 Å². The van der Waals surface area contributed by atoms with Gasteiger partial charge in [-0.25, -0.2) is 0 Å². The smallest absolute Gasteiger partial charge is 0.321 e. The molecule has 20 heavy (non-hydrogen) atoms. The second kappa shape index (κ2) is 4.44. The van der Waals surface area contributed by atoms with E-state index >= 15 is 0 Å². The minimum absolute atomic E-state index is 0.326. The number of carboxylic acid groups (broad SMARTS) is 4. The molecular weight excluding hydrogens is 274 g/mol. The Balaban J connectivity index is 2.54. The average molecular weight is 287 g/mol. The first kappa shape index (κ1) is 14.3. The van der Waals surface area contributed by atoms with E-state index in [1.165, 1.54) is 0 Å². The molecule has 1 saturated heterocycles. The third kappa shape index (κ3) is 1.73. The molecule has 2 fully saturated rings. The Morgan fingerprint density at radius 2 is 1.55 bits per heavy atom. The van der Waals surface area contributed by atoms with Crippen LogP contribution in [0.4, 0.5) is 0 Å². The Bertz CT molecular complexity index is 503. The lowest BCUT2D eigenvalue weighted by molar-refractivity contribution is -0.171. The van der Waals surface area contributed by atoms with Crippen LogP contribution in [0.15, 0.2) is 0 Å². The van der Waals surface area contributed by atoms with Gasteiger partial charge in [-0.05, 0) is 12.8 Å². The molecule has 0 aromatic carbocycles. The predicted molar refractivity (Wildman–Crippen MR) is 59.9 cm³/mol. The summed E-state index contributed by atoms with van der Waals surface area (Å²) in [6.45, 7) is 0. The largest absolute Gasteiger partial charge is 0.481 e. The molecule has 9 nitrogen and oxygen atoms in total. The summed E-state index contributed by atoms with van der Waals surface area (Å²) in [6, 6.07) is -2.48. The number of hydrogen-bond acceptors (Lipinski definition) is 5. The second-order valence-corrected chi connectivity index (χ2v) is 5.17. The van der Waals surface area contributed by atoms with E-state index in [1.54, 1.807) is 0 Å². The van der Waals surface area contributed by atoms with E-state index in [-0.39, 0.29) is 6.42 Å². The van der Waals surface area contributed by atoms with Crippen molar-refractivity contribution in [2.45, 2.75) is 24.9 Å². The highest BCUT2D eigenvalue weighted by Gasteiger charge is 2.67. The molecule has 5 atom stereocenters. The van der Waals surface area contributed by atoms with E-state index in [9.17, 15) is 29.4 Å². The molecule has 0 spiro atoms. The lowest BCUT2D eigenvalue weighted by atomic mass is 9.61. The minimum Gasteiger partial charge on any atom is -0.481 e. The molecule has 5 unspecified atom stereocenters. The van der Waals surface area contributed by atoms with Crippen LogP contribution in [0.25, 0.3) is 0 Å². The van der Waals surface area contributed by atoms with Crippen LogP contribution in [0.5, 0.6) is 0 Å². The Hall–Kier alpha value is -2.16. The molecule has 1 aliphatic heterocycles. The maximum Gasteiger partial charge on any atom is 0.321 e. The molecule has 2 bridgehead atoms. The zero-order valence-corrected chi connectivity index (χ0v) is 10.1. The zero-order valence-electron chi connectivity index (χ0n) is 10.1. The number of carbonyl (C=O) groups is 4. The van der Waals surface area contributed by atoms with Crippen molar-refractivity contribution in [2.24, 2.45) is 17.3 Å². The number of rotatable bonds is 4. The molecule has 1 aliphatic carbocycles. The van der Waals surface area contributed by atoms with Gasteiger partial charge in [0.1, 0.15) is 11.5 Å². The highest BCUT2D eigenvalue weighted by atomic mass is 16.4. The van der Waals surface area contributed by atoms with Crippen molar-refractivity contribution < 1.29 is 39.6 Å². The van der Waals surface area contributed by atoms with Gasteiger partial charge in [-0.15, -0.1) is 0 Å². The maximum absolute atomic E-state index is 11.5. The third-order valence-electron chi connectivity index (χ3n) is 4.31. The first-order valence-electron chi connectivity index (χ1n) is 5.89. The van der Waals surface area contributed by atoms with Crippen molar-refractivity contribution in [1.82, 2.24) is 5.32 Å². The molecule has 1 saturated carbocycles. The lowest BCUT2D eigenvalue weighted by Crippen LogP contribution is -2.54. The molecule has 0 aromatic heterocycles. The Kier molecular flexibility index (Phi) is 3.17. The fourth-order valence-corrected chi connectivity index (χ4v) is 3.38. The van der Waals surface area contributed by atoms with E-state index in [4.69, 9.17) is 10.2 Å². The van der Waals surface area contributed by atoms with E-state index < -0.39 is 59.6 Å². The van der Waals surface area contributed by atoms with Crippen LogP contribution < -0.4 is 5.32 Å². The van der Waals surface area contributed by atoms with Crippen molar-refractivity contribution in [2.75, 3.05) is 0 Å². The molecule has 1 heterocycles. The van der Waals surface area contributed by atoms with Crippen LogP contribution in [0, 0.1) is 17.3 Å². The number of aliphatic carboxylic acids is 4. The molecule has 0 amide bonds. The molecule has 110 valence electrons. The topological polar surface area (TPSA) is 161 Å². The SMILES string of the molecule is O=C(O)C1CC(C(=O)O)C2(C(=O)O)CC1NC2C(=O)O. The van der Waals surface area contributed by atoms with Gasteiger partial charge in [0.15, 0.2) is 0 Å². The standard InChI is InChI=1S/C11H13NO8/c13-7(14)3-1-4(8(15)16)11(10(19)20)2-5(3)12-6(11)9(17)18/h3-6,12H,1-2H2,(H,13,14)(H,15,16)(H,17,18)(H,19,20). The zero-order chi connectivity index (χ0) is 15.2. The normalized spacial score (nSPS) is 39.2. The fraction of sp³-hybridized carbons (Fsp3) is 0.636. The second-order valence-electron chi connectivity index (χ2n) is 5.17. The van der Waals surface area contributed by atoms with Crippen molar-refractivity contribution >= 4 is 23.9 Å². The molecule has 2 rings (SSSR count). The maximum atomic E-state index is 11.5. The summed E-state index contributed by atoms with van der Waals surface area (Å²) >= 11 is 0.